The van der Waals surface area contributed by atoms with Crippen LogP contribution in [0.15, 0.2) is 35.4 Å². The first-order valence-corrected chi connectivity index (χ1v) is 9.81. The number of carbonyl (C=O) groups excluding carboxylic acids is 1. The van der Waals surface area contributed by atoms with E-state index in [4.69, 9.17) is 4.52 Å². The highest BCUT2D eigenvalue weighted by Crippen LogP contribution is 2.38. The third-order valence-corrected chi connectivity index (χ3v) is 5.39. The van der Waals surface area contributed by atoms with Crippen molar-refractivity contribution >= 4 is 5.91 Å². The number of carbonyl (C=O) groups is 1. The molecule has 28 heavy (non-hydrogen) atoms. The summed E-state index contributed by atoms with van der Waals surface area (Å²) >= 11 is 0. The maximum absolute atomic E-state index is 12.7. The van der Waals surface area contributed by atoms with E-state index >= 15 is 0 Å². The molecule has 0 radical (unpaired) electrons. The molecule has 5 rings (SSSR count). The summed E-state index contributed by atoms with van der Waals surface area (Å²) in [6.07, 6.45) is 9.56. The molecule has 1 aliphatic carbocycles. The highest BCUT2D eigenvalue weighted by Gasteiger charge is 2.29. The largest absolute Gasteiger partial charge is 0.337 e. The molecule has 2 aliphatic rings. The van der Waals surface area contributed by atoms with Crippen molar-refractivity contribution in [3.8, 4) is 17.3 Å². The number of imidazole rings is 1. The van der Waals surface area contributed by atoms with Crippen molar-refractivity contribution in [3.63, 3.8) is 0 Å². The Kier molecular flexibility index (Phi) is 4.18. The Balaban J connectivity index is 1.31. The van der Waals surface area contributed by atoms with Crippen molar-refractivity contribution in [2.45, 2.75) is 38.5 Å². The Labute approximate surface area is 162 Å². The zero-order valence-electron chi connectivity index (χ0n) is 15.8. The molecule has 8 nitrogen and oxygen atoms in total. The van der Waals surface area contributed by atoms with E-state index in [0.29, 0.717) is 29.2 Å². The van der Waals surface area contributed by atoms with Gasteiger partial charge in [-0.25, -0.2) is 9.97 Å². The van der Waals surface area contributed by atoms with Crippen LogP contribution in [0.3, 0.4) is 0 Å². The third-order valence-electron chi connectivity index (χ3n) is 5.39. The highest BCUT2D eigenvalue weighted by molar-refractivity contribution is 5.92. The van der Waals surface area contributed by atoms with Gasteiger partial charge in [-0.2, -0.15) is 4.98 Å². The maximum atomic E-state index is 12.7. The monoisotopic (exact) mass is 378 g/mol. The van der Waals surface area contributed by atoms with Gasteiger partial charge in [0.05, 0.1) is 5.56 Å². The average molecular weight is 378 g/mol. The average Bonchev–Trinajstić information content (AvgIpc) is 3.25. The van der Waals surface area contributed by atoms with Gasteiger partial charge < -0.3 is 9.42 Å². The number of pyridine rings is 1. The molecule has 1 aliphatic heterocycles. The molecule has 3 aromatic rings. The van der Waals surface area contributed by atoms with E-state index in [2.05, 4.69) is 27.0 Å². The van der Waals surface area contributed by atoms with Crippen LogP contribution in [0, 0.1) is 5.92 Å². The molecule has 0 aromatic carbocycles. The highest BCUT2D eigenvalue weighted by atomic mass is 16.5. The molecule has 4 heterocycles. The number of nitrogens with zero attached hydrogens (tertiary/aromatic N) is 6. The Bertz CT molecular complexity index is 988. The molecule has 0 spiro atoms. The Morgan fingerprint density at radius 1 is 1.21 bits per heavy atom. The van der Waals surface area contributed by atoms with E-state index in [1.807, 2.05) is 17.0 Å². The van der Waals surface area contributed by atoms with Gasteiger partial charge >= 0.3 is 0 Å². The lowest BCUT2D eigenvalue weighted by Crippen LogP contribution is -2.39. The minimum atomic E-state index is -0.0135. The minimum Gasteiger partial charge on any atom is -0.337 e. The fourth-order valence-electron chi connectivity index (χ4n) is 3.62. The van der Waals surface area contributed by atoms with Crippen LogP contribution in [-0.2, 0) is 0 Å². The van der Waals surface area contributed by atoms with Crippen LogP contribution < -0.4 is 0 Å². The number of likely N-dealkylation sites (tertiary alicyclic amines) is 1. The number of hydrogen-bond acceptors (Lipinski definition) is 6. The van der Waals surface area contributed by atoms with Crippen molar-refractivity contribution in [3.05, 3.63) is 42.4 Å². The molecule has 0 bridgehead atoms. The quantitative estimate of drug-likeness (QED) is 0.693. The molecular weight excluding hydrogens is 356 g/mol. The van der Waals surface area contributed by atoms with E-state index in [0.717, 1.165) is 43.7 Å². The van der Waals surface area contributed by atoms with Crippen molar-refractivity contribution in [1.82, 2.24) is 29.6 Å². The summed E-state index contributed by atoms with van der Waals surface area (Å²) in [5.74, 6) is 2.93. The molecule has 1 atom stereocenters. The fourth-order valence-corrected chi connectivity index (χ4v) is 3.62. The SMILES string of the molecule is CC1CCCN(C(=O)c2cn(-c3ccc(-c4nc(C5CC5)no4)cn3)cn2)C1. The van der Waals surface area contributed by atoms with Gasteiger partial charge in [0.2, 0.25) is 0 Å². The van der Waals surface area contributed by atoms with Crippen LogP contribution in [0.4, 0.5) is 0 Å². The second-order valence-corrected chi connectivity index (χ2v) is 7.80. The van der Waals surface area contributed by atoms with Crippen molar-refractivity contribution < 1.29 is 9.32 Å². The van der Waals surface area contributed by atoms with E-state index in [1.165, 1.54) is 6.42 Å². The van der Waals surface area contributed by atoms with Crippen LogP contribution in [-0.4, -0.2) is 48.6 Å². The third kappa shape index (κ3) is 3.30. The zero-order valence-corrected chi connectivity index (χ0v) is 15.8. The summed E-state index contributed by atoms with van der Waals surface area (Å²) in [4.78, 5) is 27.8. The lowest BCUT2D eigenvalue weighted by Gasteiger charge is -2.30. The van der Waals surface area contributed by atoms with Crippen LogP contribution in [0.25, 0.3) is 17.3 Å². The number of aromatic nitrogens is 5. The minimum absolute atomic E-state index is 0.0135. The fraction of sp³-hybridized carbons (Fsp3) is 0.450. The van der Waals surface area contributed by atoms with Gasteiger partial charge in [0.25, 0.3) is 11.8 Å². The molecule has 1 saturated carbocycles. The number of hydrogen-bond donors (Lipinski definition) is 0. The molecule has 3 aromatic heterocycles. The first kappa shape index (κ1) is 17.1. The number of amides is 1. The van der Waals surface area contributed by atoms with Gasteiger partial charge in [-0.15, -0.1) is 0 Å². The lowest BCUT2D eigenvalue weighted by atomic mass is 10.0. The van der Waals surface area contributed by atoms with E-state index < -0.39 is 0 Å². The summed E-state index contributed by atoms with van der Waals surface area (Å²) in [5, 5.41) is 4.04. The predicted octanol–water partition coefficient (Wildman–Crippen LogP) is 3.07. The smallest absolute Gasteiger partial charge is 0.274 e. The van der Waals surface area contributed by atoms with Gasteiger partial charge in [0, 0.05) is 31.4 Å². The molecular formula is C20H22N6O2. The molecule has 0 N–H and O–H groups in total. The van der Waals surface area contributed by atoms with Gasteiger partial charge in [0.15, 0.2) is 5.82 Å². The van der Waals surface area contributed by atoms with Gasteiger partial charge in [-0.3, -0.25) is 9.36 Å². The Morgan fingerprint density at radius 3 is 2.86 bits per heavy atom. The maximum Gasteiger partial charge on any atom is 0.274 e. The van der Waals surface area contributed by atoms with Crippen molar-refractivity contribution in [1.29, 1.82) is 0 Å². The van der Waals surface area contributed by atoms with Gasteiger partial charge in [-0.1, -0.05) is 12.1 Å². The summed E-state index contributed by atoms with van der Waals surface area (Å²) in [7, 11) is 0. The molecule has 144 valence electrons. The molecule has 1 amide bonds. The van der Waals surface area contributed by atoms with Crippen molar-refractivity contribution in [2.24, 2.45) is 5.92 Å². The van der Waals surface area contributed by atoms with Crippen LogP contribution in [0.1, 0.15) is 54.8 Å². The zero-order chi connectivity index (χ0) is 19.1. The topological polar surface area (TPSA) is 89.9 Å². The van der Waals surface area contributed by atoms with E-state index in [9.17, 15) is 4.79 Å². The number of piperidine rings is 1. The van der Waals surface area contributed by atoms with E-state index in [-0.39, 0.29) is 5.91 Å². The summed E-state index contributed by atoms with van der Waals surface area (Å²) in [5.41, 5.74) is 1.23. The summed E-state index contributed by atoms with van der Waals surface area (Å²) < 4.78 is 7.10. The molecule has 1 unspecified atom stereocenters. The first-order chi connectivity index (χ1) is 13.7. The summed E-state index contributed by atoms with van der Waals surface area (Å²) in [6.45, 7) is 3.78. The molecule has 1 saturated heterocycles. The first-order valence-electron chi connectivity index (χ1n) is 9.81. The lowest BCUT2D eigenvalue weighted by molar-refractivity contribution is 0.0677. The van der Waals surface area contributed by atoms with E-state index in [1.54, 1.807) is 23.3 Å². The van der Waals surface area contributed by atoms with Crippen LogP contribution in [0.2, 0.25) is 0 Å². The second kappa shape index (κ2) is 6.85. The van der Waals surface area contributed by atoms with Crippen LogP contribution >= 0.6 is 0 Å². The second-order valence-electron chi connectivity index (χ2n) is 7.80. The Hall–Kier alpha value is -3.03. The standard InChI is InChI=1S/C20H22N6O2/c1-13-3-2-8-25(10-13)20(27)16-11-26(12-22-16)17-7-6-15(9-21-17)19-23-18(24-28-19)14-4-5-14/h6-7,9,11-14H,2-5,8,10H2,1H3. The van der Waals surface area contributed by atoms with Crippen molar-refractivity contribution in [2.75, 3.05) is 13.1 Å². The van der Waals surface area contributed by atoms with Gasteiger partial charge in [0.1, 0.15) is 17.8 Å². The number of rotatable bonds is 4. The Morgan fingerprint density at radius 2 is 2.11 bits per heavy atom. The summed E-state index contributed by atoms with van der Waals surface area (Å²) in [6, 6.07) is 3.75. The predicted molar refractivity (Wildman–Crippen MR) is 101 cm³/mol. The molecule has 8 heteroatoms. The molecule has 2 fully saturated rings. The van der Waals surface area contributed by atoms with Crippen LogP contribution in [0.5, 0.6) is 0 Å². The normalized spacial score (nSPS) is 19.8. The van der Waals surface area contributed by atoms with Gasteiger partial charge in [-0.05, 0) is 43.7 Å².